The summed E-state index contributed by atoms with van der Waals surface area (Å²) in [6.45, 7) is 1.10. The zero-order valence-corrected chi connectivity index (χ0v) is 16.3. The quantitative estimate of drug-likeness (QED) is 0.814. The highest BCUT2D eigenvalue weighted by atomic mass is 32.1. The summed E-state index contributed by atoms with van der Waals surface area (Å²) in [6.07, 6.45) is 3.62. The van der Waals surface area contributed by atoms with Crippen molar-refractivity contribution in [3.63, 3.8) is 0 Å². The molecule has 1 aliphatic carbocycles. The lowest BCUT2D eigenvalue weighted by molar-refractivity contribution is -0.121. The number of thiophene rings is 1. The van der Waals surface area contributed by atoms with Crippen LogP contribution >= 0.6 is 11.3 Å². The number of hydrogen-bond donors (Lipinski definition) is 2. The van der Waals surface area contributed by atoms with E-state index in [2.05, 4.69) is 10.6 Å². The lowest BCUT2D eigenvalue weighted by atomic mass is 9.96. The smallest absolute Gasteiger partial charge is 0.263 e. The molecule has 7 heteroatoms. The van der Waals surface area contributed by atoms with Gasteiger partial charge in [-0.2, -0.15) is 0 Å². The number of rotatable bonds is 5. The molecule has 0 spiro atoms. The Hall–Kier alpha value is -2.67. The van der Waals surface area contributed by atoms with Crippen LogP contribution in [0.1, 0.15) is 45.7 Å². The largest absolute Gasteiger partial charge is 0.349 e. The molecule has 1 unspecified atom stereocenters. The summed E-state index contributed by atoms with van der Waals surface area (Å²) in [4.78, 5) is 40.0. The number of piperidine rings is 1. The molecule has 2 fully saturated rings. The predicted molar refractivity (Wildman–Crippen MR) is 109 cm³/mol. The molecule has 1 aromatic heterocycles. The SMILES string of the molecule is O=C(NC1CC1)c1cccc(NC(=O)C2CCCN(C(=O)c3cccs3)C2)c1. The molecule has 2 heterocycles. The molecular weight excluding hydrogens is 374 g/mol. The molecule has 1 saturated carbocycles. The van der Waals surface area contributed by atoms with Crippen molar-refractivity contribution in [2.24, 2.45) is 5.92 Å². The average molecular weight is 398 g/mol. The van der Waals surface area contributed by atoms with Crippen molar-refractivity contribution in [3.05, 3.63) is 52.2 Å². The molecule has 2 aromatic rings. The van der Waals surface area contributed by atoms with Crippen molar-refractivity contribution in [2.75, 3.05) is 18.4 Å². The minimum atomic E-state index is -0.249. The van der Waals surface area contributed by atoms with Crippen LogP contribution in [-0.4, -0.2) is 41.8 Å². The van der Waals surface area contributed by atoms with E-state index in [0.29, 0.717) is 35.3 Å². The van der Waals surface area contributed by atoms with E-state index in [1.165, 1.54) is 11.3 Å². The van der Waals surface area contributed by atoms with E-state index >= 15 is 0 Å². The second kappa shape index (κ2) is 8.14. The van der Waals surface area contributed by atoms with Gasteiger partial charge in [0.1, 0.15) is 0 Å². The number of benzene rings is 1. The maximum Gasteiger partial charge on any atom is 0.263 e. The average Bonchev–Trinajstić information content (AvgIpc) is 3.36. The van der Waals surface area contributed by atoms with E-state index < -0.39 is 0 Å². The Labute approximate surface area is 167 Å². The van der Waals surface area contributed by atoms with Gasteiger partial charge in [0.15, 0.2) is 0 Å². The molecule has 1 atom stereocenters. The zero-order valence-electron chi connectivity index (χ0n) is 15.5. The Morgan fingerprint density at radius 3 is 2.68 bits per heavy atom. The van der Waals surface area contributed by atoms with Crippen LogP contribution in [0.5, 0.6) is 0 Å². The standard InChI is InChI=1S/C21H23N3O3S/c25-19(22-16-8-9-16)14-4-1-6-17(12-14)23-20(26)15-5-2-10-24(13-15)21(27)18-7-3-11-28-18/h1,3-4,6-7,11-12,15-16H,2,5,8-10,13H2,(H,22,25)(H,23,26). The third-order valence-electron chi connectivity index (χ3n) is 5.12. The van der Waals surface area contributed by atoms with Gasteiger partial charge in [0.05, 0.1) is 10.8 Å². The first-order valence-electron chi connectivity index (χ1n) is 9.65. The fourth-order valence-corrected chi connectivity index (χ4v) is 4.10. The van der Waals surface area contributed by atoms with Crippen LogP contribution in [0.25, 0.3) is 0 Å². The molecule has 1 aromatic carbocycles. The van der Waals surface area contributed by atoms with E-state index in [1.54, 1.807) is 29.2 Å². The van der Waals surface area contributed by atoms with Crippen LogP contribution in [0.2, 0.25) is 0 Å². The maximum absolute atomic E-state index is 12.7. The minimum absolute atomic E-state index is 0.00811. The number of anilines is 1. The van der Waals surface area contributed by atoms with Crippen molar-refractivity contribution in [3.8, 4) is 0 Å². The van der Waals surface area contributed by atoms with Gasteiger partial charge in [0.25, 0.3) is 11.8 Å². The lowest BCUT2D eigenvalue weighted by Gasteiger charge is -2.31. The van der Waals surface area contributed by atoms with Crippen LogP contribution in [0.4, 0.5) is 5.69 Å². The first-order chi connectivity index (χ1) is 13.6. The lowest BCUT2D eigenvalue weighted by Crippen LogP contribution is -2.43. The maximum atomic E-state index is 12.7. The molecule has 2 N–H and O–H groups in total. The minimum Gasteiger partial charge on any atom is -0.349 e. The van der Waals surface area contributed by atoms with E-state index in [9.17, 15) is 14.4 Å². The van der Waals surface area contributed by atoms with Gasteiger partial charge >= 0.3 is 0 Å². The van der Waals surface area contributed by atoms with Gasteiger partial charge in [-0.25, -0.2) is 0 Å². The normalized spacial score (nSPS) is 19.1. The summed E-state index contributed by atoms with van der Waals surface area (Å²) in [5.41, 5.74) is 1.15. The summed E-state index contributed by atoms with van der Waals surface area (Å²) in [5, 5.41) is 7.75. The van der Waals surface area contributed by atoms with Gasteiger partial charge in [-0.05, 0) is 55.3 Å². The first-order valence-corrected chi connectivity index (χ1v) is 10.5. The summed E-state index contributed by atoms with van der Waals surface area (Å²) in [5.74, 6) is -0.472. The van der Waals surface area contributed by atoms with Crippen LogP contribution < -0.4 is 10.6 Å². The van der Waals surface area contributed by atoms with Gasteiger partial charge in [-0.1, -0.05) is 12.1 Å². The Kier molecular flexibility index (Phi) is 5.43. The molecule has 1 aliphatic heterocycles. The molecule has 1 saturated heterocycles. The number of carbonyl (C=O) groups excluding carboxylic acids is 3. The van der Waals surface area contributed by atoms with Gasteiger partial charge in [-0.3, -0.25) is 14.4 Å². The fourth-order valence-electron chi connectivity index (χ4n) is 3.41. The van der Waals surface area contributed by atoms with Crippen molar-refractivity contribution in [1.82, 2.24) is 10.2 Å². The summed E-state index contributed by atoms with van der Waals surface area (Å²) in [7, 11) is 0. The Balaban J connectivity index is 1.37. The Morgan fingerprint density at radius 1 is 1.07 bits per heavy atom. The number of amides is 3. The summed E-state index contributed by atoms with van der Waals surface area (Å²) in [6, 6.07) is 11.0. The molecular formula is C21H23N3O3S. The zero-order chi connectivity index (χ0) is 19.5. The van der Waals surface area contributed by atoms with E-state index in [-0.39, 0.29) is 23.6 Å². The van der Waals surface area contributed by atoms with Crippen LogP contribution in [0, 0.1) is 5.92 Å². The van der Waals surface area contributed by atoms with Crippen molar-refractivity contribution >= 4 is 34.7 Å². The number of likely N-dealkylation sites (tertiary alicyclic amines) is 1. The highest BCUT2D eigenvalue weighted by Gasteiger charge is 2.29. The Bertz CT molecular complexity index is 877. The number of nitrogens with one attached hydrogen (secondary N) is 2. The molecule has 4 rings (SSSR count). The molecule has 6 nitrogen and oxygen atoms in total. The van der Waals surface area contributed by atoms with Crippen molar-refractivity contribution in [2.45, 2.75) is 31.7 Å². The van der Waals surface area contributed by atoms with Crippen molar-refractivity contribution < 1.29 is 14.4 Å². The van der Waals surface area contributed by atoms with E-state index in [4.69, 9.17) is 0 Å². The summed E-state index contributed by atoms with van der Waals surface area (Å²) < 4.78 is 0. The third kappa shape index (κ3) is 4.42. The van der Waals surface area contributed by atoms with Crippen LogP contribution in [0.3, 0.4) is 0 Å². The van der Waals surface area contributed by atoms with Gasteiger partial charge in [-0.15, -0.1) is 11.3 Å². The highest BCUT2D eigenvalue weighted by Crippen LogP contribution is 2.23. The Morgan fingerprint density at radius 2 is 1.93 bits per heavy atom. The highest BCUT2D eigenvalue weighted by molar-refractivity contribution is 7.12. The molecule has 2 aliphatic rings. The monoisotopic (exact) mass is 397 g/mol. The topological polar surface area (TPSA) is 78.5 Å². The molecule has 0 bridgehead atoms. The molecule has 0 radical (unpaired) electrons. The molecule has 146 valence electrons. The van der Waals surface area contributed by atoms with Crippen LogP contribution in [-0.2, 0) is 4.79 Å². The molecule has 3 amide bonds. The second-order valence-corrected chi connectivity index (χ2v) is 8.33. The third-order valence-corrected chi connectivity index (χ3v) is 5.97. The van der Waals surface area contributed by atoms with Crippen LogP contribution in [0.15, 0.2) is 41.8 Å². The number of nitrogens with zero attached hydrogens (tertiary/aromatic N) is 1. The van der Waals surface area contributed by atoms with E-state index in [0.717, 1.165) is 25.7 Å². The summed E-state index contributed by atoms with van der Waals surface area (Å²) >= 11 is 1.42. The second-order valence-electron chi connectivity index (χ2n) is 7.39. The molecule has 28 heavy (non-hydrogen) atoms. The van der Waals surface area contributed by atoms with Gasteiger partial charge in [0.2, 0.25) is 5.91 Å². The first kappa shape index (κ1) is 18.7. The number of carbonyl (C=O) groups is 3. The fraction of sp³-hybridized carbons (Fsp3) is 0.381. The van der Waals surface area contributed by atoms with Gasteiger partial charge in [0, 0.05) is 30.4 Å². The van der Waals surface area contributed by atoms with Crippen molar-refractivity contribution in [1.29, 1.82) is 0 Å². The van der Waals surface area contributed by atoms with E-state index in [1.807, 2.05) is 17.5 Å². The predicted octanol–water partition coefficient (Wildman–Crippen LogP) is 3.13. The number of hydrogen-bond acceptors (Lipinski definition) is 4. The van der Waals surface area contributed by atoms with Gasteiger partial charge < -0.3 is 15.5 Å².